The van der Waals surface area contributed by atoms with Crippen LogP contribution in [0.4, 0.5) is 0 Å². The van der Waals surface area contributed by atoms with E-state index >= 15 is 0 Å². The quantitative estimate of drug-likeness (QED) is 0.756. The van der Waals surface area contributed by atoms with Gasteiger partial charge in [-0.3, -0.25) is 4.79 Å². The second-order valence-corrected chi connectivity index (χ2v) is 6.74. The monoisotopic (exact) mass is 328 g/mol. The molecule has 1 atom stereocenters. The zero-order valence-electron chi connectivity index (χ0n) is 12.4. The Morgan fingerprint density at radius 1 is 1.23 bits per heavy atom. The molecule has 1 unspecified atom stereocenters. The summed E-state index contributed by atoms with van der Waals surface area (Å²) in [5, 5.41) is 9.77. The first kappa shape index (κ1) is 14.9. The van der Waals surface area contributed by atoms with Crippen molar-refractivity contribution in [2.75, 3.05) is 0 Å². The molecule has 112 valence electrons. The molecule has 3 rings (SSSR count). The van der Waals surface area contributed by atoms with Gasteiger partial charge in [0.15, 0.2) is 0 Å². The van der Waals surface area contributed by atoms with Crippen molar-refractivity contribution < 1.29 is 4.79 Å². The molecule has 1 N–H and O–H groups in total. The Bertz CT molecular complexity index is 778. The molecular weight excluding hydrogens is 312 g/mol. The normalized spacial score (nSPS) is 12.1. The summed E-state index contributed by atoms with van der Waals surface area (Å²) in [7, 11) is 0. The Hall–Kier alpha value is -1.98. The molecular formula is C17H16N2OS2. The van der Waals surface area contributed by atoms with Crippen molar-refractivity contribution in [1.82, 2.24) is 10.3 Å². The Kier molecular flexibility index (Phi) is 4.36. The van der Waals surface area contributed by atoms with Crippen LogP contribution < -0.4 is 5.32 Å². The number of thiazole rings is 1. The van der Waals surface area contributed by atoms with E-state index in [4.69, 9.17) is 0 Å². The fourth-order valence-electron chi connectivity index (χ4n) is 2.32. The van der Waals surface area contributed by atoms with Crippen molar-refractivity contribution in [3.05, 3.63) is 63.3 Å². The SMILES string of the molecule is Cc1ccccc1C(C)NC(=O)c1csc(-c2ccsc2)n1. The molecule has 0 aliphatic rings. The summed E-state index contributed by atoms with van der Waals surface area (Å²) in [5.41, 5.74) is 3.85. The van der Waals surface area contributed by atoms with E-state index in [2.05, 4.69) is 23.3 Å². The van der Waals surface area contributed by atoms with E-state index in [1.807, 2.05) is 47.3 Å². The maximum atomic E-state index is 12.4. The van der Waals surface area contributed by atoms with E-state index < -0.39 is 0 Å². The number of nitrogens with zero attached hydrogens (tertiary/aromatic N) is 1. The van der Waals surface area contributed by atoms with Gasteiger partial charge in [-0.2, -0.15) is 11.3 Å². The summed E-state index contributed by atoms with van der Waals surface area (Å²) in [5.74, 6) is -0.131. The zero-order chi connectivity index (χ0) is 15.5. The second-order valence-electron chi connectivity index (χ2n) is 5.10. The van der Waals surface area contributed by atoms with E-state index in [9.17, 15) is 4.79 Å². The first-order valence-corrected chi connectivity index (χ1v) is 8.82. The summed E-state index contributed by atoms with van der Waals surface area (Å²) >= 11 is 3.12. The molecule has 3 aromatic rings. The van der Waals surface area contributed by atoms with Crippen LogP contribution in [-0.2, 0) is 0 Å². The molecule has 0 spiro atoms. The number of nitrogens with one attached hydrogen (secondary N) is 1. The number of amides is 1. The number of carbonyl (C=O) groups is 1. The number of aryl methyl sites for hydroxylation is 1. The standard InChI is InChI=1S/C17H16N2OS2/c1-11-5-3-4-6-14(11)12(2)18-16(20)15-10-22-17(19-15)13-7-8-21-9-13/h3-10,12H,1-2H3,(H,18,20). The van der Waals surface area contributed by atoms with Crippen LogP contribution in [0, 0.1) is 6.92 Å². The Balaban J connectivity index is 1.74. The maximum Gasteiger partial charge on any atom is 0.271 e. The van der Waals surface area contributed by atoms with Gasteiger partial charge in [0.2, 0.25) is 0 Å². The van der Waals surface area contributed by atoms with E-state index in [0.717, 1.165) is 16.1 Å². The van der Waals surface area contributed by atoms with Gasteiger partial charge in [0.1, 0.15) is 10.7 Å². The number of carbonyl (C=O) groups excluding carboxylic acids is 1. The van der Waals surface area contributed by atoms with Crippen molar-refractivity contribution in [3.8, 4) is 10.6 Å². The highest BCUT2D eigenvalue weighted by molar-refractivity contribution is 7.14. The molecule has 1 amide bonds. The van der Waals surface area contributed by atoms with Gasteiger partial charge >= 0.3 is 0 Å². The fraction of sp³-hybridized carbons (Fsp3) is 0.176. The van der Waals surface area contributed by atoms with Crippen LogP contribution in [-0.4, -0.2) is 10.9 Å². The van der Waals surface area contributed by atoms with Gasteiger partial charge in [0.25, 0.3) is 5.91 Å². The lowest BCUT2D eigenvalue weighted by Crippen LogP contribution is -2.27. The summed E-state index contributed by atoms with van der Waals surface area (Å²) in [6.07, 6.45) is 0. The smallest absolute Gasteiger partial charge is 0.271 e. The number of hydrogen-bond acceptors (Lipinski definition) is 4. The van der Waals surface area contributed by atoms with Crippen molar-refractivity contribution in [2.45, 2.75) is 19.9 Å². The molecule has 0 aliphatic heterocycles. The van der Waals surface area contributed by atoms with Crippen molar-refractivity contribution in [2.24, 2.45) is 0 Å². The first-order valence-electron chi connectivity index (χ1n) is 6.99. The fourth-order valence-corrected chi connectivity index (χ4v) is 3.83. The highest BCUT2D eigenvalue weighted by Crippen LogP contribution is 2.26. The van der Waals surface area contributed by atoms with Gasteiger partial charge in [-0.05, 0) is 36.4 Å². The lowest BCUT2D eigenvalue weighted by atomic mass is 10.0. The molecule has 2 heterocycles. The predicted octanol–water partition coefficient (Wildman–Crippen LogP) is 4.67. The average molecular weight is 328 g/mol. The van der Waals surface area contributed by atoms with E-state index in [-0.39, 0.29) is 11.9 Å². The molecule has 0 radical (unpaired) electrons. The molecule has 5 heteroatoms. The topological polar surface area (TPSA) is 42.0 Å². The van der Waals surface area contributed by atoms with Crippen LogP contribution in [0.15, 0.2) is 46.5 Å². The number of benzene rings is 1. The molecule has 0 fully saturated rings. The molecule has 0 aliphatic carbocycles. The van der Waals surface area contributed by atoms with Gasteiger partial charge in [-0.1, -0.05) is 24.3 Å². The minimum atomic E-state index is -0.131. The third-order valence-electron chi connectivity index (χ3n) is 3.51. The second kappa shape index (κ2) is 6.42. The van der Waals surface area contributed by atoms with Crippen LogP contribution in [0.3, 0.4) is 0 Å². The number of hydrogen-bond donors (Lipinski definition) is 1. The summed E-state index contributed by atoms with van der Waals surface area (Å²) in [6.45, 7) is 4.04. The third kappa shape index (κ3) is 3.10. The Morgan fingerprint density at radius 3 is 2.77 bits per heavy atom. The number of aromatic nitrogens is 1. The molecule has 3 nitrogen and oxygen atoms in total. The Morgan fingerprint density at radius 2 is 2.05 bits per heavy atom. The Labute approximate surface area is 137 Å². The van der Waals surface area contributed by atoms with Crippen molar-refractivity contribution >= 4 is 28.6 Å². The summed E-state index contributed by atoms with van der Waals surface area (Å²) in [6, 6.07) is 10.1. The number of rotatable bonds is 4. The van der Waals surface area contributed by atoms with Gasteiger partial charge in [-0.25, -0.2) is 4.98 Å². The number of thiophene rings is 1. The van der Waals surface area contributed by atoms with Gasteiger partial charge in [-0.15, -0.1) is 11.3 Å². The van der Waals surface area contributed by atoms with Crippen LogP contribution in [0.2, 0.25) is 0 Å². The molecule has 0 bridgehead atoms. The third-order valence-corrected chi connectivity index (χ3v) is 5.08. The lowest BCUT2D eigenvalue weighted by Gasteiger charge is -2.15. The van der Waals surface area contributed by atoms with E-state index in [1.165, 1.54) is 16.9 Å². The molecule has 0 saturated carbocycles. The zero-order valence-corrected chi connectivity index (χ0v) is 14.0. The van der Waals surface area contributed by atoms with Crippen LogP contribution in [0.1, 0.15) is 34.6 Å². The molecule has 1 aromatic carbocycles. The van der Waals surface area contributed by atoms with Gasteiger partial charge < -0.3 is 5.32 Å². The van der Waals surface area contributed by atoms with Crippen LogP contribution in [0.25, 0.3) is 10.6 Å². The largest absolute Gasteiger partial charge is 0.344 e. The minimum absolute atomic E-state index is 0.0417. The molecule has 0 saturated heterocycles. The average Bonchev–Trinajstić information content (AvgIpc) is 3.18. The summed E-state index contributed by atoms with van der Waals surface area (Å²) in [4.78, 5) is 16.8. The highest BCUT2D eigenvalue weighted by atomic mass is 32.1. The van der Waals surface area contributed by atoms with E-state index in [0.29, 0.717) is 5.69 Å². The lowest BCUT2D eigenvalue weighted by molar-refractivity contribution is 0.0935. The van der Waals surface area contributed by atoms with Gasteiger partial charge in [0, 0.05) is 16.3 Å². The van der Waals surface area contributed by atoms with Crippen molar-refractivity contribution in [1.29, 1.82) is 0 Å². The maximum absolute atomic E-state index is 12.4. The summed E-state index contributed by atoms with van der Waals surface area (Å²) < 4.78 is 0. The molecule has 22 heavy (non-hydrogen) atoms. The van der Waals surface area contributed by atoms with Crippen LogP contribution >= 0.6 is 22.7 Å². The minimum Gasteiger partial charge on any atom is -0.344 e. The highest BCUT2D eigenvalue weighted by Gasteiger charge is 2.16. The van der Waals surface area contributed by atoms with Crippen LogP contribution in [0.5, 0.6) is 0 Å². The van der Waals surface area contributed by atoms with Gasteiger partial charge in [0.05, 0.1) is 6.04 Å². The first-order chi connectivity index (χ1) is 10.6. The molecule has 2 aromatic heterocycles. The van der Waals surface area contributed by atoms with Crippen molar-refractivity contribution in [3.63, 3.8) is 0 Å². The predicted molar refractivity (Wildman–Crippen MR) is 92.5 cm³/mol. The van der Waals surface area contributed by atoms with E-state index in [1.54, 1.807) is 11.3 Å².